The van der Waals surface area contributed by atoms with Gasteiger partial charge in [0, 0.05) is 24.6 Å². The van der Waals surface area contributed by atoms with Crippen LogP contribution < -0.4 is 5.32 Å². The van der Waals surface area contributed by atoms with Gasteiger partial charge in [-0.1, -0.05) is 6.07 Å². The Bertz CT molecular complexity index is 471. The second kappa shape index (κ2) is 7.42. The standard InChI is InChI=1S/C14H20N2O4S/c1-2-16(9-10-5-3-7-20-10)14(19)15-12(13(17)18)11-6-4-8-21-11/h4,6,8,10,12H,2-3,5,7,9H2,1H3,(H,15,19)(H,17,18). The quantitative estimate of drug-likeness (QED) is 0.843. The third-order valence-electron chi connectivity index (χ3n) is 3.46. The van der Waals surface area contributed by atoms with E-state index >= 15 is 0 Å². The topological polar surface area (TPSA) is 78.9 Å². The minimum absolute atomic E-state index is 0.0562. The van der Waals surface area contributed by atoms with Crippen LogP contribution in [0.4, 0.5) is 4.79 Å². The number of carbonyl (C=O) groups is 2. The molecule has 7 heteroatoms. The number of carbonyl (C=O) groups excluding carboxylic acids is 1. The van der Waals surface area contributed by atoms with Gasteiger partial charge < -0.3 is 20.1 Å². The highest BCUT2D eigenvalue weighted by molar-refractivity contribution is 7.10. The highest BCUT2D eigenvalue weighted by Crippen LogP contribution is 2.20. The number of ether oxygens (including phenoxy) is 1. The van der Waals surface area contributed by atoms with Gasteiger partial charge in [-0.25, -0.2) is 9.59 Å². The SMILES string of the molecule is CCN(CC1CCCO1)C(=O)NC(C(=O)O)c1cccs1. The van der Waals surface area contributed by atoms with Crippen LogP contribution in [0.1, 0.15) is 30.7 Å². The molecule has 0 spiro atoms. The van der Waals surface area contributed by atoms with Crippen molar-refractivity contribution in [3.05, 3.63) is 22.4 Å². The molecule has 2 atom stereocenters. The van der Waals surface area contributed by atoms with E-state index in [0.717, 1.165) is 19.4 Å². The molecule has 2 N–H and O–H groups in total. The minimum atomic E-state index is -1.06. The molecule has 0 saturated carbocycles. The van der Waals surface area contributed by atoms with Crippen LogP contribution in [0.5, 0.6) is 0 Å². The number of hydrogen-bond acceptors (Lipinski definition) is 4. The predicted molar refractivity (Wildman–Crippen MR) is 79.4 cm³/mol. The van der Waals surface area contributed by atoms with E-state index < -0.39 is 12.0 Å². The largest absolute Gasteiger partial charge is 0.479 e. The maximum Gasteiger partial charge on any atom is 0.331 e. The number of hydrogen-bond donors (Lipinski definition) is 2. The lowest BCUT2D eigenvalue weighted by atomic mass is 10.2. The average molecular weight is 312 g/mol. The maximum atomic E-state index is 12.3. The molecule has 0 aromatic carbocycles. The number of rotatable bonds is 6. The first-order chi connectivity index (χ1) is 10.1. The highest BCUT2D eigenvalue weighted by atomic mass is 32.1. The molecule has 1 saturated heterocycles. The number of carboxylic acids is 1. The van der Waals surface area contributed by atoms with E-state index in [9.17, 15) is 14.7 Å². The predicted octanol–water partition coefficient (Wildman–Crippen LogP) is 2.08. The van der Waals surface area contributed by atoms with Crippen LogP contribution in [-0.2, 0) is 9.53 Å². The van der Waals surface area contributed by atoms with Crippen LogP contribution >= 0.6 is 11.3 Å². The van der Waals surface area contributed by atoms with Crippen molar-refractivity contribution in [2.45, 2.75) is 31.9 Å². The van der Waals surface area contributed by atoms with Gasteiger partial charge >= 0.3 is 12.0 Å². The lowest BCUT2D eigenvalue weighted by Crippen LogP contribution is -2.46. The molecule has 2 rings (SSSR count). The number of nitrogens with one attached hydrogen (secondary N) is 1. The van der Waals surface area contributed by atoms with E-state index in [1.54, 1.807) is 22.4 Å². The molecule has 1 fully saturated rings. The van der Waals surface area contributed by atoms with Crippen molar-refractivity contribution in [2.75, 3.05) is 19.7 Å². The van der Waals surface area contributed by atoms with Gasteiger partial charge in [0.25, 0.3) is 0 Å². The Balaban J connectivity index is 1.97. The first-order valence-corrected chi connectivity index (χ1v) is 7.93. The number of carboxylic acid groups (broad SMARTS) is 1. The molecule has 1 aliphatic heterocycles. The smallest absolute Gasteiger partial charge is 0.331 e. The molecule has 116 valence electrons. The van der Waals surface area contributed by atoms with E-state index in [4.69, 9.17) is 4.74 Å². The van der Waals surface area contributed by atoms with E-state index in [1.807, 2.05) is 6.92 Å². The fourth-order valence-electron chi connectivity index (χ4n) is 2.31. The summed E-state index contributed by atoms with van der Waals surface area (Å²) in [5, 5.41) is 13.7. The van der Waals surface area contributed by atoms with E-state index in [2.05, 4.69) is 5.32 Å². The number of nitrogens with zero attached hydrogens (tertiary/aromatic N) is 1. The molecule has 0 radical (unpaired) electrons. The van der Waals surface area contributed by atoms with Gasteiger partial charge in [0.1, 0.15) is 0 Å². The monoisotopic (exact) mass is 312 g/mol. The summed E-state index contributed by atoms with van der Waals surface area (Å²) in [6, 6.07) is 2.11. The molecular formula is C14H20N2O4S. The van der Waals surface area contributed by atoms with Crippen LogP contribution in [0.15, 0.2) is 17.5 Å². The van der Waals surface area contributed by atoms with Gasteiger partial charge in [0.15, 0.2) is 6.04 Å². The molecule has 6 nitrogen and oxygen atoms in total. The first-order valence-electron chi connectivity index (χ1n) is 7.05. The summed E-state index contributed by atoms with van der Waals surface area (Å²) in [5.41, 5.74) is 0. The minimum Gasteiger partial charge on any atom is -0.479 e. The molecule has 2 amide bonds. The summed E-state index contributed by atoms with van der Waals surface area (Å²) in [7, 11) is 0. The van der Waals surface area contributed by atoms with Crippen molar-refractivity contribution in [1.82, 2.24) is 10.2 Å². The van der Waals surface area contributed by atoms with Crippen molar-refractivity contribution < 1.29 is 19.4 Å². The van der Waals surface area contributed by atoms with Crippen molar-refractivity contribution in [3.63, 3.8) is 0 Å². The average Bonchev–Trinajstić information content (AvgIpc) is 3.14. The van der Waals surface area contributed by atoms with Crippen molar-refractivity contribution in [1.29, 1.82) is 0 Å². The molecule has 0 aliphatic carbocycles. The first kappa shape index (κ1) is 15.8. The van der Waals surface area contributed by atoms with Crippen LogP contribution in [0, 0.1) is 0 Å². The maximum absolute atomic E-state index is 12.3. The van der Waals surface area contributed by atoms with E-state index in [-0.39, 0.29) is 12.1 Å². The second-order valence-corrected chi connectivity index (χ2v) is 5.89. The lowest BCUT2D eigenvalue weighted by Gasteiger charge is -2.25. The van der Waals surface area contributed by atoms with E-state index in [0.29, 0.717) is 18.0 Å². The van der Waals surface area contributed by atoms with Gasteiger partial charge in [0.2, 0.25) is 0 Å². The Morgan fingerprint density at radius 3 is 2.95 bits per heavy atom. The van der Waals surface area contributed by atoms with Gasteiger partial charge in [-0.05, 0) is 31.2 Å². The summed E-state index contributed by atoms with van der Waals surface area (Å²) >= 11 is 1.31. The number of amides is 2. The van der Waals surface area contributed by atoms with Crippen LogP contribution in [-0.4, -0.2) is 47.8 Å². The zero-order chi connectivity index (χ0) is 15.2. The Morgan fingerprint density at radius 1 is 1.62 bits per heavy atom. The van der Waals surface area contributed by atoms with E-state index in [1.165, 1.54) is 11.3 Å². The number of likely N-dealkylation sites (N-methyl/N-ethyl adjacent to an activating group) is 1. The summed E-state index contributed by atoms with van der Waals surface area (Å²) in [5.74, 6) is -1.06. The highest BCUT2D eigenvalue weighted by Gasteiger charge is 2.27. The second-order valence-electron chi connectivity index (χ2n) is 4.91. The summed E-state index contributed by atoms with van der Waals surface area (Å²) in [6.45, 7) is 3.62. The Hall–Kier alpha value is -1.60. The van der Waals surface area contributed by atoms with Gasteiger partial charge in [0.05, 0.1) is 6.10 Å². The number of aliphatic carboxylic acids is 1. The fourth-order valence-corrected chi connectivity index (χ4v) is 3.08. The van der Waals surface area contributed by atoms with Crippen LogP contribution in [0.3, 0.4) is 0 Å². The molecule has 2 unspecified atom stereocenters. The molecule has 1 aromatic heterocycles. The summed E-state index contributed by atoms with van der Waals surface area (Å²) in [4.78, 5) is 25.8. The lowest BCUT2D eigenvalue weighted by molar-refractivity contribution is -0.139. The van der Waals surface area contributed by atoms with Crippen molar-refractivity contribution >= 4 is 23.3 Å². The normalized spacial score (nSPS) is 19.2. The van der Waals surface area contributed by atoms with Crippen LogP contribution in [0.25, 0.3) is 0 Å². The summed E-state index contributed by atoms with van der Waals surface area (Å²) < 4.78 is 5.52. The molecule has 1 aliphatic rings. The molecule has 2 heterocycles. The molecule has 0 bridgehead atoms. The third kappa shape index (κ3) is 4.18. The Labute approximate surface area is 127 Å². The molecular weight excluding hydrogens is 292 g/mol. The van der Waals surface area contributed by atoms with Crippen molar-refractivity contribution in [2.24, 2.45) is 0 Å². The zero-order valence-electron chi connectivity index (χ0n) is 11.9. The third-order valence-corrected chi connectivity index (χ3v) is 4.40. The van der Waals surface area contributed by atoms with Gasteiger partial charge in [-0.3, -0.25) is 0 Å². The van der Waals surface area contributed by atoms with Gasteiger partial charge in [-0.2, -0.15) is 0 Å². The molecule has 21 heavy (non-hydrogen) atoms. The number of urea groups is 1. The molecule has 1 aromatic rings. The van der Waals surface area contributed by atoms with Crippen molar-refractivity contribution in [3.8, 4) is 0 Å². The Morgan fingerprint density at radius 2 is 2.43 bits per heavy atom. The fraction of sp³-hybridized carbons (Fsp3) is 0.571. The Kier molecular flexibility index (Phi) is 5.58. The zero-order valence-corrected chi connectivity index (χ0v) is 12.8. The number of thiophene rings is 1. The van der Waals surface area contributed by atoms with Crippen LogP contribution in [0.2, 0.25) is 0 Å². The van der Waals surface area contributed by atoms with Gasteiger partial charge in [-0.15, -0.1) is 11.3 Å². The summed E-state index contributed by atoms with van der Waals surface area (Å²) in [6.07, 6.45) is 2.01.